The molecule has 7 nitrogen and oxygen atoms in total. The first kappa shape index (κ1) is 13.5. The summed E-state index contributed by atoms with van der Waals surface area (Å²) in [6, 6.07) is 6.87. The van der Waals surface area contributed by atoms with Gasteiger partial charge in [-0.1, -0.05) is 0 Å². The Morgan fingerprint density at radius 1 is 1.40 bits per heavy atom. The Kier molecular flexibility index (Phi) is 3.65. The van der Waals surface area contributed by atoms with Crippen LogP contribution in [0.15, 0.2) is 30.3 Å². The quantitative estimate of drug-likeness (QED) is 0.657. The molecule has 0 saturated heterocycles. The molecule has 0 saturated carbocycles. The number of ether oxygens (including phenoxy) is 1. The molecule has 0 bridgehead atoms. The molecule has 104 valence electrons. The number of nitrogen functional groups attached to an aromatic ring is 1. The van der Waals surface area contributed by atoms with E-state index in [1.54, 1.807) is 6.07 Å². The first-order chi connectivity index (χ1) is 9.51. The van der Waals surface area contributed by atoms with Crippen LogP contribution in [0.5, 0.6) is 5.75 Å². The van der Waals surface area contributed by atoms with Crippen LogP contribution in [0.3, 0.4) is 0 Å². The summed E-state index contributed by atoms with van der Waals surface area (Å²) in [6.45, 7) is 0. The third-order valence-corrected chi connectivity index (χ3v) is 2.52. The van der Waals surface area contributed by atoms with Crippen molar-refractivity contribution in [1.82, 2.24) is 4.98 Å². The number of aromatic nitrogens is 1. The molecule has 0 fully saturated rings. The monoisotopic (exact) mass is 278 g/mol. The SMILES string of the molecule is COc1ccc(Nc2ccc([N+](=O)[O-])c(N)n2)cc1F. The average Bonchev–Trinajstić information content (AvgIpc) is 2.38. The van der Waals surface area contributed by atoms with Gasteiger partial charge in [0.2, 0.25) is 5.82 Å². The van der Waals surface area contributed by atoms with E-state index in [0.29, 0.717) is 5.69 Å². The van der Waals surface area contributed by atoms with Crippen molar-refractivity contribution >= 4 is 23.0 Å². The molecule has 0 aliphatic heterocycles. The van der Waals surface area contributed by atoms with Gasteiger partial charge < -0.3 is 15.8 Å². The lowest BCUT2D eigenvalue weighted by atomic mass is 10.3. The molecule has 0 spiro atoms. The number of halogens is 1. The van der Waals surface area contributed by atoms with Crippen molar-refractivity contribution in [2.24, 2.45) is 0 Å². The second-order valence-electron chi connectivity index (χ2n) is 3.83. The second kappa shape index (κ2) is 5.39. The number of hydrogen-bond acceptors (Lipinski definition) is 6. The largest absolute Gasteiger partial charge is 0.494 e. The second-order valence-corrected chi connectivity index (χ2v) is 3.83. The molecule has 1 aromatic carbocycles. The lowest BCUT2D eigenvalue weighted by Crippen LogP contribution is -2.01. The number of nitrogens with two attached hydrogens (primary N) is 1. The highest BCUT2D eigenvalue weighted by Crippen LogP contribution is 2.25. The number of rotatable bonds is 4. The summed E-state index contributed by atoms with van der Waals surface area (Å²) in [5, 5.41) is 13.4. The lowest BCUT2D eigenvalue weighted by molar-refractivity contribution is -0.384. The summed E-state index contributed by atoms with van der Waals surface area (Å²) in [5.41, 5.74) is 5.60. The van der Waals surface area contributed by atoms with Gasteiger partial charge in [0.25, 0.3) is 0 Å². The molecular formula is C12H11FN4O3. The Labute approximate surface area is 113 Å². The lowest BCUT2D eigenvalue weighted by Gasteiger charge is -2.08. The molecule has 2 rings (SSSR count). The van der Waals surface area contributed by atoms with Crippen LogP contribution in [0.1, 0.15) is 0 Å². The molecule has 0 aliphatic carbocycles. The summed E-state index contributed by atoms with van der Waals surface area (Å²) in [4.78, 5) is 13.8. The summed E-state index contributed by atoms with van der Waals surface area (Å²) < 4.78 is 18.3. The van der Waals surface area contributed by atoms with Gasteiger partial charge in [0.15, 0.2) is 11.6 Å². The molecule has 3 N–H and O–H groups in total. The van der Waals surface area contributed by atoms with Crippen LogP contribution in [0.2, 0.25) is 0 Å². The highest BCUT2D eigenvalue weighted by Gasteiger charge is 2.13. The molecule has 0 amide bonds. The highest BCUT2D eigenvalue weighted by atomic mass is 19.1. The van der Waals surface area contributed by atoms with Crippen LogP contribution < -0.4 is 15.8 Å². The normalized spacial score (nSPS) is 10.1. The maximum Gasteiger partial charge on any atom is 0.311 e. The fraction of sp³-hybridized carbons (Fsp3) is 0.0833. The minimum atomic E-state index is -0.626. The van der Waals surface area contributed by atoms with Crippen LogP contribution >= 0.6 is 0 Å². The summed E-state index contributed by atoms with van der Waals surface area (Å²) in [7, 11) is 1.37. The number of methoxy groups -OCH3 is 1. The van der Waals surface area contributed by atoms with E-state index in [-0.39, 0.29) is 23.1 Å². The third kappa shape index (κ3) is 2.74. The van der Waals surface area contributed by atoms with Crippen molar-refractivity contribution in [2.45, 2.75) is 0 Å². The standard InChI is InChI=1S/C12H11FN4O3/c1-20-10-4-2-7(6-8(10)13)15-11-5-3-9(17(18)19)12(14)16-11/h2-6H,1H3,(H3,14,15,16). The zero-order chi connectivity index (χ0) is 14.7. The molecule has 20 heavy (non-hydrogen) atoms. The van der Waals surface area contributed by atoms with E-state index < -0.39 is 10.7 Å². The van der Waals surface area contributed by atoms with Crippen molar-refractivity contribution < 1.29 is 14.1 Å². The number of pyridine rings is 1. The van der Waals surface area contributed by atoms with E-state index >= 15 is 0 Å². The molecule has 0 unspecified atom stereocenters. The number of hydrogen-bond donors (Lipinski definition) is 2. The van der Waals surface area contributed by atoms with Crippen molar-refractivity contribution in [2.75, 3.05) is 18.2 Å². The average molecular weight is 278 g/mol. The number of anilines is 3. The molecular weight excluding hydrogens is 267 g/mol. The van der Waals surface area contributed by atoms with E-state index in [9.17, 15) is 14.5 Å². The van der Waals surface area contributed by atoms with Gasteiger partial charge in [0.1, 0.15) is 5.82 Å². The Hall–Kier alpha value is -2.90. The maximum absolute atomic E-state index is 13.5. The topological polar surface area (TPSA) is 103 Å². The molecule has 0 radical (unpaired) electrons. The van der Waals surface area contributed by atoms with Gasteiger partial charge >= 0.3 is 5.69 Å². The van der Waals surface area contributed by atoms with Gasteiger partial charge in [-0.2, -0.15) is 0 Å². The smallest absolute Gasteiger partial charge is 0.311 e. The van der Waals surface area contributed by atoms with Gasteiger partial charge in [0, 0.05) is 17.8 Å². The van der Waals surface area contributed by atoms with Gasteiger partial charge in [-0.3, -0.25) is 10.1 Å². The van der Waals surface area contributed by atoms with Crippen molar-refractivity contribution in [3.63, 3.8) is 0 Å². The number of nitrogens with zero attached hydrogens (tertiary/aromatic N) is 2. The number of nitro groups is 1. The Morgan fingerprint density at radius 3 is 2.70 bits per heavy atom. The molecule has 0 atom stereocenters. The van der Waals surface area contributed by atoms with E-state index in [4.69, 9.17) is 10.5 Å². The van der Waals surface area contributed by atoms with E-state index in [2.05, 4.69) is 10.3 Å². The van der Waals surface area contributed by atoms with Crippen molar-refractivity contribution in [3.05, 3.63) is 46.3 Å². The minimum Gasteiger partial charge on any atom is -0.494 e. The zero-order valence-corrected chi connectivity index (χ0v) is 10.5. The predicted molar refractivity (Wildman–Crippen MR) is 71.5 cm³/mol. The zero-order valence-electron chi connectivity index (χ0n) is 10.5. The van der Waals surface area contributed by atoms with Gasteiger partial charge in [-0.25, -0.2) is 9.37 Å². The molecule has 8 heteroatoms. The predicted octanol–water partition coefficient (Wildman–Crippen LogP) is 2.46. The maximum atomic E-state index is 13.5. The first-order valence-electron chi connectivity index (χ1n) is 5.52. The number of benzene rings is 1. The van der Waals surface area contributed by atoms with Crippen LogP contribution in [0, 0.1) is 15.9 Å². The molecule has 0 aliphatic rings. The van der Waals surface area contributed by atoms with Gasteiger partial charge in [0.05, 0.1) is 12.0 Å². The minimum absolute atomic E-state index is 0.117. The fourth-order valence-corrected chi connectivity index (χ4v) is 1.58. The number of nitrogens with one attached hydrogen (secondary N) is 1. The first-order valence-corrected chi connectivity index (χ1v) is 5.52. The summed E-state index contributed by atoms with van der Waals surface area (Å²) in [6.07, 6.45) is 0. The van der Waals surface area contributed by atoms with Crippen molar-refractivity contribution in [1.29, 1.82) is 0 Å². The van der Waals surface area contributed by atoms with E-state index in [0.717, 1.165) is 0 Å². The fourth-order valence-electron chi connectivity index (χ4n) is 1.58. The highest BCUT2D eigenvalue weighted by molar-refractivity contribution is 5.63. The van der Waals surface area contributed by atoms with Gasteiger partial charge in [-0.05, 0) is 18.2 Å². The van der Waals surface area contributed by atoms with E-state index in [1.807, 2.05) is 0 Å². The molecule has 2 aromatic rings. The molecule has 1 heterocycles. The van der Waals surface area contributed by atoms with E-state index in [1.165, 1.54) is 31.4 Å². The van der Waals surface area contributed by atoms with Gasteiger partial charge in [-0.15, -0.1) is 0 Å². The van der Waals surface area contributed by atoms with Crippen molar-refractivity contribution in [3.8, 4) is 5.75 Å². The van der Waals surface area contributed by atoms with Crippen LogP contribution in [0.25, 0.3) is 0 Å². The van der Waals surface area contributed by atoms with Crippen LogP contribution in [0.4, 0.5) is 27.4 Å². The Bertz CT molecular complexity index is 663. The third-order valence-electron chi connectivity index (χ3n) is 2.52. The Balaban J connectivity index is 2.24. The summed E-state index contributed by atoms with van der Waals surface area (Å²) >= 11 is 0. The Morgan fingerprint density at radius 2 is 2.15 bits per heavy atom. The summed E-state index contributed by atoms with van der Waals surface area (Å²) in [5.74, 6) is -0.356. The molecule has 1 aromatic heterocycles. The van der Waals surface area contributed by atoms with Crippen LogP contribution in [-0.2, 0) is 0 Å². The van der Waals surface area contributed by atoms with Crippen LogP contribution in [-0.4, -0.2) is 17.0 Å².